The molecule has 0 bridgehead atoms. The molecule has 2 fully saturated rings. The Labute approximate surface area is 202 Å². The quantitative estimate of drug-likeness (QED) is 0.323. The number of carbonyl (C=O) groups is 1. The minimum absolute atomic E-state index is 0. The molecule has 0 aromatic heterocycles. The second kappa shape index (κ2) is 13.0. The van der Waals surface area contributed by atoms with Crippen LogP contribution in [0.15, 0.2) is 29.3 Å². The number of guanidine groups is 1. The summed E-state index contributed by atoms with van der Waals surface area (Å²) in [7, 11) is 0. The summed E-state index contributed by atoms with van der Waals surface area (Å²) in [6, 6.07) is 6.17. The Morgan fingerprint density at radius 2 is 1.87 bits per heavy atom. The van der Waals surface area contributed by atoms with Gasteiger partial charge in [-0.1, -0.05) is 6.07 Å². The van der Waals surface area contributed by atoms with E-state index in [9.17, 15) is 9.18 Å². The molecule has 2 heterocycles. The smallest absolute Gasteiger partial charge is 0.236 e. The number of benzene rings is 1. The minimum Gasteiger partial charge on any atom is -0.489 e. The fraction of sp³-hybridized carbons (Fsp3) is 0.636. The van der Waals surface area contributed by atoms with Gasteiger partial charge in [0.2, 0.25) is 5.91 Å². The highest BCUT2D eigenvalue weighted by atomic mass is 127. The van der Waals surface area contributed by atoms with E-state index in [-0.39, 0.29) is 41.8 Å². The lowest BCUT2D eigenvalue weighted by Crippen LogP contribution is -2.54. The number of rotatable bonds is 7. The summed E-state index contributed by atoms with van der Waals surface area (Å²) >= 11 is 0. The summed E-state index contributed by atoms with van der Waals surface area (Å²) in [6.45, 7) is 10.9. The Morgan fingerprint density at radius 1 is 1.16 bits per heavy atom. The van der Waals surface area contributed by atoms with E-state index in [0.717, 1.165) is 64.6 Å². The highest BCUT2D eigenvalue weighted by Crippen LogP contribution is 2.14. The highest BCUT2D eigenvalue weighted by molar-refractivity contribution is 14.0. The molecule has 0 saturated carbocycles. The monoisotopic (exact) mass is 547 g/mol. The van der Waals surface area contributed by atoms with Crippen molar-refractivity contribution in [2.75, 3.05) is 58.9 Å². The van der Waals surface area contributed by atoms with Crippen molar-refractivity contribution in [2.45, 2.75) is 32.8 Å². The largest absolute Gasteiger partial charge is 0.489 e. The van der Waals surface area contributed by atoms with E-state index < -0.39 is 0 Å². The number of likely N-dealkylation sites (tertiary alicyclic amines) is 1. The zero-order valence-corrected chi connectivity index (χ0v) is 20.9. The molecule has 3 rings (SSSR count). The van der Waals surface area contributed by atoms with Crippen molar-refractivity contribution in [2.24, 2.45) is 4.99 Å². The van der Waals surface area contributed by atoms with E-state index in [4.69, 9.17) is 9.73 Å². The van der Waals surface area contributed by atoms with Gasteiger partial charge >= 0.3 is 0 Å². The number of carbonyl (C=O) groups excluding carboxylic acids is 1. The summed E-state index contributed by atoms with van der Waals surface area (Å²) < 4.78 is 19.1. The maximum atomic E-state index is 13.3. The molecule has 0 aliphatic carbocycles. The van der Waals surface area contributed by atoms with Crippen LogP contribution in [0.1, 0.15) is 26.7 Å². The zero-order valence-electron chi connectivity index (χ0n) is 18.6. The topological polar surface area (TPSA) is 60.4 Å². The average molecular weight is 547 g/mol. The van der Waals surface area contributed by atoms with Crippen LogP contribution in [0, 0.1) is 5.82 Å². The van der Waals surface area contributed by atoms with Crippen LogP contribution in [0.25, 0.3) is 0 Å². The Balaban J connectivity index is 0.00000341. The molecule has 1 aromatic carbocycles. The predicted molar refractivity (Wildman–Crippen MR) is 132 cm³/mol. The standard InChI is InChI=1S/C22H34FN5O2.HI/c1-3-24-22(25-16-18(2)30-20-8-6-7-19(23)15-20)28-13-11-26(12-14-28)17-21(29)27-9-4-5-10-27;/h6-8,15,18H,3-5,9-14,16-17H2,1-2H3,(H,24,25);1H. The van der Waals surface area contributed by atoms with Crippen LogP contribution in [0.4, 0.5) is 4.39 Å². The molecule has 2 aliphatic rings. The van der Waals surface area contributed by atoms with Gasteiger partial charge in [0.15, 0.2) is 5.96 Å². The fourth-order valence-corrected chi connectivity index (χ4v) is 3.83. The first-order valence-corrected chi connectivity index (χ1v) is 11.0. The van der Waals surface area contributed by atoms with Gasteiger partial charge in [-0.25, -0.2) is 9.38 Å². The van der Waals surface area contributed by atoms with Gasteiger partial charge in [-0.2, -0.15) is 0 Å². The van der Waals surface area contributed by atoms with E-state index in [2.05, 4.69) is 15.1 Å². The van der Waals surface area contributed by atoms with Gasteiger partial charge in [0.1, 0.15) is 17.7 Å². The average Bonchev–Trinajstić information content (AvgIpc) is 3.27. The second-order valence-electron chi connectivity index (χ2n) is 7.93. The molecular formula is C22H35FIN5O2. The molecule has 7 nitrogen and oxygen atoms in total. The Hall–Kier alpha value is -1.62. The highest BCUT2D eigenvalue weighted by Gasteiger charge is 2.24. The van der Waals surface area contributed by atoms with E-state index in [0.29, 0.717) is 18.8 Å². The van der Waals surface area contributed by atoms with Crippen LogP contribution in [-0.2, 0) is 4.79 Å². The number of hydrogen-bond acceptors (Lipinski definition) is 4. The zero-order chi connectivity index (χ0) is 21.3. The van der Waals surface area contributed by atoms with Gasteiger partial charge in [-0.15, -0.1) is 24.0 Å². The van der Waals surface area contributed by atoms with Crippen molar-refractivity contribution in [1.82, 2.24) is 20.0 Å². The van der Waals surface area contributed by atoms with Crippen molar-refractivity contribution < 1.29 is 13.9 Å². The molecule has 9 heteroatoms. The number of ether oxygens (including phenoxy) is 1. The Bertz CT molecular complexity index is 722. The lowest BCUT2D eigenvalue weighted by molar-refractivity contribution is -0.131. The lowest BCUT2D eigenvalue weighted by atomic mass is 10.3. The first kappa shape index (κ1) is 25.6. The normalized spacial score (nSPS) is 18.5. The number of halogens is 2. The van der Waals surface area contributed by atoms with Crippen molar-refractivity contribution in [3.63, 3.8) is 0 Å². The molecular weight excluding hydrogens is 512 g/mol. The maximum absolute atomic E-state index is 13.3. The van der Waals surface area contributed by atoms with Gasteiger partial charge in [0.05, 0.1) is 13.1 Å². The molecule has 1 aromatic rings. The number of amides is 1. The third-order valence-corrected chi connectivity index (χ3v) is 5.46. The number of aliphatic imine (C=N–C) groups is 1. The molecule has 31 heavy (non-hydrogen) atoms. The van der Waals surface area contributed by atoms with Crippen LogP contribution < -0.4 is 10.1 Å². The SMILES string of the molecule is CCNC(=NCC(C)Oc1cccc(F)c1)N1CCN(CC(=O)N2CCCC2)CC1.I. The summed E-state index contributed by atoms with van der Waals surface area (Å²) in [5, 5.41) is 3.35. The van der Waals surface area contributed by atoms with Crippen LogP contribution in [-0.4, -0.2) is 91.6 Å². The first-order valence-electron chi connectivity index (χ1n) is 11.0. The second-order valence-corrected chi connectivity index (χ2v) is 7.93. The minimum atomic E-state index is -0.308. The van der Waals surface area contributed by atoms with Crippen LogP contribution in [0.2, 0.25) is 0 Å². The van der Waals surface area contributed by atoms with E-state index in [1.165, 1.54) is 12.1 Å². The third-order valence-electron chi connectivity index (χ3n) is 5.46. The molecule has 1 atom stereocenters. The molecule has 2 saturated heterocycles. The lowest BCUT2D eigenvalue weighted by Gasteiger charge is -2.36. The number of nitrogens with one attached hydrogen (secondary N) is 1. The van der Waals surface area contributed by atoms with Crippen molar-refractivity contribution in [3.8, 4) is 5.75 Å². The summed E-state index contributed by atoms with van der Waals surface area (Å²) in [5.41, 5.74) is 0. The molecule has 1 amide bonds. The Morgan fingerprint density at radius 3 is 2.52 bits per heavy atom. The summed E-state index contributed by atoms with van der Waals surface area (Å²) in [5.74, 6) is 1.32. The summed E-state index contributed by atoms with van der Waals surface area (Å²) in [4.78, 5) is 23.5. The molecule has 1 N–H and O–H groups in total. The van der Waals surface area contributed by atoms with Gasteiger partial charge in [-0.05, 0) is 38.8 Å². The predicted octanol–water partition coefficient (Wildman–Crippen LogP) is 2.42. The van der Waals surface area contributed by atoms with E-state index in [1.54, 1.807) is 12.1 Å². The molecule has 0 radical (unpaired) electrons. The molecule has 0 spiro atoms. The summed E-state index contributed by atoms with van der Waals surface area (Å²) in [6.07, 6.45) is 2.09. The number of hydrogen-bond donors (Lipinski definition) is 1. The first-order chi connectivity index (χ1) is 14.5. The van der Waals surface area contributed by atoms with Gasteiger partial charge in [-0.3, -0.25) is 9.69 Å². The number of nitrogens with zero attached hydrogens (tertiary/aromatic N) is 4. The van der Waals surface area contributed by atoms with Gasteiger partial charge in [0.25, 0.3) is 0 Å². The Kier molecular flexibility index (Phi) is 10.8. The van der Waals surface area contributed by atoms with Crippen LogP contribution in [0.5, 0.6) is 5.75 Å². The van der Waals surface area contributed by atoms with Crippen LogP contribution >= 0.6 is 24.0 Å². The van der Waals surface area contributed by atoms with E-state index in [1.807, 2.05) is 18.7 Å². The van der Waals surface area contributed by atoms with E-state index >= 15 is 0 Å². The maximum Gasteiger partial charge on any atom is 0.236 e. The third kappa shape index (κ3) is 8.10. The molecule has 174 valence electrons. The van der Waals surface area contributed by atoms with Crippen molar-refractivity contribution in [1.29, 1.82) is 0 Å². The van der Waals surface area contributed by atoms with Crippen molar-refractivity contribution in [3.05, 3.63) is 30.1 Å². The molecule has 1 unspecified atom stereocenters. The van der Waals surface area contributed by atoms with Crippen molar-refractivity contribution >= 4 is 35.8 Å². The van der Waals surface area contributed by atoms with Gasteiger partial charge in [0, 0.05) is 51.9 Å². The fourth-order valence-electron chi connectivity index (χ4n) is 3.83. The number of piperazine rings is 1. The molecule has 2 aliphatic heterocycles. The van der Waals surface area contributed by atoms with Gasteiger partial charge < -0.3 is 19.9 Å². The van der Waals surface area contributed by atoms with Crippen LogP contribution in [0.3, 0.4) is 0 Å².